The highest BCUT2D eigenvalue weighted by atomic mass is 35.5. The van der Waals surface area contributed by atoms with Crippen LogP contribution in [0.15, 0.2) is 6.07 Å². The van der Waals surface area contributed by atoms with Crippen molar-refractivity contribution in [2.75, 3.05) is 49.1 Å². The Balaban J connectivity index is 1.21. The molecule has 2 aromatic rings. The molecule has 5 rings (SSSR count). The molecule has 39 heavy (non-hydrogen) atoms. The van der Waals surface area contributed by atoms with E-state index in [9.17, 15) is 14.0 Å². The lowest BCUT2D eigenvalue weighted by Gasteiger charge is -2.47. The summed E-state index contributed by atoms with van der Waals surface area (Å²) >= 11 is 12.2. The second-order valence-corrected chi connectivity index (χ2v) is 11.0. The highest BCUT2D eigenvalue weighted by Gasteiger charge is 2.36. The number of hydrogen-bond acceptors (Lipinski definition) is 9. The molecule has 1 atom stereocenters. The van der Waals surface area contributed by atoms with Crippen LogP contribution >= 0.6 is 23.2 Å². The summed E-state index contributed by atoms with van der Waals surface area (Å²) in [6.45, 7) is 5.33. The van der Waals surface area contributed by atoms with Crippen LogP contribution in [0.5, 0.6) is 0 Å². The largest absolute Gasteiger partial charge is 0.383 e. The first-order valence-corrected chi connectivity index (χ1v) is 14.0. The number of amides is 2. The topological polar surface area (TPSA) is 147 Å². The lowest BCUT2D eigenvalue weighted by molar-refractivity contribution is 0.0491. The predicted molar refractivity (Wildman–Crippen MR) is 147 cm³/mol. The number of likely N-dealkylation sites (tertiary alicyclic amines) is 1. The number of pyridine rings is 1. The Labute approximate surface area is 236 Å². The molecule has 0 spiro atoms. The summed E-state index contributed by atoms with van der Waals surface area (Å²) in [7, 11) is 0. The smallest absolute Gasteiger partial charge is 0.274 e. The van der Waals surface area contributed by atoms with Crippen molar-refractivity contribution in [3.63, 3.8) is 0 Å². The maximum absolute atomic E-state index is 13.9. The van der Waals surface area contributed by atoms with E-state index < -0.39 is 5.82 Å². The number of nitrogens with one attached hydrogen (secondary N) is 1. The second-order valence-electron chi connectivity index (χ2n) is 10.3. The van der Waals surface area contributed by atoms with E-state index in [1.807, 2.05) is 0 Å². The zero-order chi connectivity index (χ0) is 27.8. The number of nitrogens with zero attached hydrogens (tertiary/aromatic N) is 6. The number of aromatic nitrogens is 3. The third kappa shape index (κ3) is 5.82. The predicted octanol–water partition coefficient (Wildman–Crippen LogP) is 2.58. The van der Waals surface area contributed by atoms with Crippen LogP contribution in [0, 0.1) is 5.82 Å². The highest BCUT2D eigenvalue weighted by Crippen LogP contribution is 2.31. The lowest BCUT2D eigenvalue weighted by Crippen LogP contribution is -2.58. The quantitative estimate of drug-likeness (QED) is 0.439. The molecule has 2 amide bonds. The van der Waals surface area contributed by atoms with E-state index >= 15 is 0 Å². The Kier molecular flexibility index (Phi) is 7.97. The number of carbonyl (C=O) groups excluding carboxylic acids is 2. The van der Waals surface area contributed by atoms with Gasteiger partial charge in [0.2, 0.25) is 0 Å². The first-order valence-electron chi connectivity index (χ1n) is 13.2. The fourth-order valence-electron chi connectivity index (χ4n) is 5.40. The van der Waals surface area contributed by atoms with E-state index in [1.165, 1.54) is 0 Å². The number of halogens is 3. The van der Waals surface area contributed by atoms with Crippen molar-refractivity contribution in [3.05, 3.63) is 33.4 Å². The number of rotatable bonds is 6. The van der Waals surface area contributed by atoms with E-state index in [0.29, 0.717) is 38.0 Å². The van der Waals surface area contributed by atoms with Crippen LogP contribution in [0.2, 0.25) is 10.3 Å². The number of piperazine rings is 1. The summed E-state index contributed by atoms with van der Waals surface area (Å²) in [6.07, 6.45) is 4.38. The Morgan fingerprint density at radius 3 is 2.41 bits per heavy atom. The van der Waals surface area contributed by atoms with Crippen molar-refractivity contribution in [2.24, 2.45) is 0 Å². The van der Waals surface area contributed by atoms with Crippen LogP contribution in [-0.2, 0) is 0 Å². The number of piperidine rings is 1. The minimum atomic E-state index is -0.768. The normalized spacial score (nSPS) is 20.8. The third-order valence-corrected chi connectivity index (χ3v) is 8.22. The Morgan fingerprint density at radius 1 is 1.03 bits per heavy atom. The van der Waals surface area contributed by atoms with Crippen molar-refractivity contribution in [1.82, 2.24) is 30.1 Å². The number of hydrogen-bond donors (Lipinski definition) is 3. The zero-order valence-electron chi connectivity index (χ0n) is 21.7. The number of nitrogens with two attached hydrogens (primary N) is 2. The van der Waals surface area contributed by atoms with Gasteiger partial charge in [-0.2, -0.15) is 0 Å². The summed E-state index contributed by atoms with van der Waals surface area (Å²) < 4.78 is 13.9. The average Bonchev–Trinajstić information content (AvgIpc) is 3.75. The van der Waals surface area contributed by atoms with Gasteiger partial charge in [0.1, 0.15) is 5.82 Å². The molecular weight excluding hydrogens is 548 g/mol. The standard InChI is InChI=1S/C25H32Cl2FN9O2/c1-2-14-12-36(23-20(27)32-18(22(30)34-23)24(38)31-13-3-4-13)9-10-37(14)15-5-7-35(8-6-15)25(39)16-11-17(28)19(26)33-21(16)29/h11,13-15H,2-10,12H2,1H3,(H2,29,33)(H2,30,34)(H,31,38)/t14-/m0/s1. The van der Waals surface area contributed by atoms with Gasteiger partial charge in [0.05, 0.1) is 5.56 Å². The molecule has 3 fully saturated rings. The number of carbonyl (C=O) groups is 2. The number of nitrogen functional groups attached to an aromatic ring is 2. The molecule has 2 aromatic heterocycles. The molecule has 1 saturated carbocycles. The number of anilines is 3. The first-order chi connectivity index (χ1) is 18.7. The maximum Gasteiger partial charge on any atom is 0.274 e. The lowest BCUT2D eigenvalue weighted by atomic mass is 9.97. The van der Waals surface area contributed by atoms with Crippen molar-refractivity contribution in [2.45, 2.75) is 57.2 Å². The van der Waals surface area contributed by atoms with Crippen molar-refractivity contribution < 1.29 is 14.0 Å². The van der Waals surface area contributed by atoms with Crippen LogP contribution in [0.4, 0.5) is 21.8 Å². The van der Waals surface area contributed by atoms with E-state index in [4.69, 9.17) is 34.7 Å². The summed E-state index contributed by atoms with van der Waals surface area (Å²) in [5.74, 6) is -0.984. The minimum absolute atomic E-state index is 0.0312. The maximum atomic E-state index is 13.9. The molecule has 4 heterocycles. The Morgan fingerprint density at radius 2 is 1.74 bits per heavy atom. The molecule has 2 saturated heterocycles. The van der Waals surface area contributed by atoms with E-state index in [2.05, 4.69) is 37.0 Å². The second kappa shape index (κ2) is 11.3. The molecule has 5 N–H and O–H groups in total. The molecular formula is C25H32Cl2FN9O2. The summed E-state index contributed by atoms with van der Waals surface area (Å²) in [4.78, 5) is 44.1. The van der Waals surface area contributed by atoms with Gasteiger partial charge in [-0.1, -0.05) is 30.1 Å². The molecule has 2 aliphatic heterocycles. The van der Waals surface area contributed by atoms with Crippen LogP contribution in [0.25, 0.3) is 0 Å². The molecule has 210 valence electrons. The van der Waals surface area contributed by atoms with Crippen LogP contribution in [0.1, 0.15) is 59.9 Å². The molecule has 0 radical (unpaired) electrons. The van der Waals surface area contributed by atoms with Gasteiger partial charge < -0.3 is 26.6 Å². The van der Waals surface area contributed by atoms with Crippen LogP contribution in [-0.4, -0.2) is 87.4 Å². The van der Waals surface area contributed by atoms with Gasteiger partial charge >= 0.3 is 0 Å². The molecule has 0 aromatic carbocycles. The van der Waals surface area contributed by atoms with Crippen LogP contribution < -0.4 is 21.7 Å². The van der Waals surface area contributed by atoms with Crippen molar-refractivity contribution >= 4 is 52.5 Å². The van der Waals surface area contributed by atoms with Gasteiger partial charge in [-0.25, -0.2) is 19.3 Å². The summed E-state index contributed by atoms with van der Waals surface area (Å²) in [5.41, 5.74) is 12.0. The molecule has 0 unspecified atom stereocenters. The SMILES string of the molecule is CC[C@H]1CN(c2nc(N)c(C(=O)NC3CC3)nc2Cl)CCN1C1CCN(C(=O)c2cc(F)c(Cl)nc2N)CC1. The van der Waals surface area contributed by atoms with Crippen LogP contribution in [0.3, 0.4) is 0 Å². The van der Waals surface area contributed by atoms with Crippen molar-refractivity contribution in [1.29, 1.82) is 0 Å². The van der Waals surface area contributed by atoms with E-state index in [-0.39, 0.29) is 57.1 Å². The van der Waals surface area contributed by atoms with E-state index in [0.717, 1.165) is 44.7 Å². The Hall–Kier alpha value is -2.96. The zero-order valence-corrected chi connectivity index (χ0v) is 23.2. The molecule has 0 bridgehead atoms. The molecule has 11 nitrogen and oxygen atoms in total. The highest BCUT2D eigenvalue weighted by molar-refractivity contribution is 6.32. The average molecular weight is 580 g/mol. The molecule has 3 aliphatic rings. The first kappa shape index (κ1) is 27.6. The van der Waals surface area contributed by atoms with Gasteiger partial charge in [-0.3, -0.25) is 14.5 Å². The summed E-state index contributed by atoms with van der Waals surface area (Å²) in [5, 5.41) is 2.68. The monoisotopic (exact) mass is 579 g/mol. The fourth-order valence-corrected chi connectivity index (χ4v) is 5.79. The summed E-state index contributed by atoms with van der Waals surface area (Å²) in [6, 6.07) is 1.75. The van der Waals surface area contributed by atoms with Gasteiger partial charge in [0.15, 0.2) is 33.5 Å². The van der Waals surface area contributed by atoms with Crippen molar-refractivity contribution in [3.8, 4) is 0 Å². The van der Waals surface area contributed by atoms with Gasteiger partial charge in [-0.15, -0.1) is 0 Å². The van der Waals surface area contributed by atoms with E-state index in [1.54, 1.807) is 4.90 Å². The fraction of sp³-hybridized carbons (Fsp3) is 0.560. The van der Waals surface area contributed by atoms with Gasteiger partial charge in [0.25, 0.3) is 11.8 Å². The third-order valence-electron chi connectivity index (χ3n) is 7.70. The minimum Gasteiger partial charge on any atom is -0.383 e. The molecule has 14 heteroatoms. The van der Waals surface area contributed by atoms with Gasteiger partial charge in [-0.05, 0) is 38.2 Å². The Bertz CT molecular complexity index is 1270. The molecule has 1 aliphatic carbocycles. The van der Waals surface area contributed by atoms with Gasteiger partial charge in [0, 0.05) is 50.8 Å².